The topological polar surface area (TPSA) is 102 Å². The normalized spacial score (nSPS) is 15.3. The third-order valence-electron chi connectivity index (χ3n) is 5.30. The molecule has 0 spiro atoms. The predicted molar refractivity (Wildman–Crippen MR) is 123 cm³/mol. The number of amides is 2. The van der Waals surface area contributed by atoms with E-state index in [-0.39, 0.29) is 18.9 Å². The highest BCUT2D eigenvalue weighted by atomic mass is 16.5. The molecule has 33 heavy (non-hydrogen) atoms. The van der Waals surface area contributed by atoms with Gasteiger partial charge >= 0.3 is 11.9 Å². The molecule has 174 valence electrons. The number of carbonyl (C=O) groups excluding carboxylic acids is 4. The third-order valence-corrected chi connectivity index (χ3v) is 5.30. The summed E-state index contributed by atoms with van der Waals surface area (Å²) in [6.45, 7) is 4.07. The van der Waals surface area contributed by atoms with Crippen LogP contribution in [0, 0.1) is 5.92 Å². The number of nitrogens with zero attached hydrogens (tertiary/aromatic N) is 1. The second-order valence-electron chi connectivity index (χ2n) is 7.79. The highest BCUT2D eigenvalue weighted by Gasteiger charge is 2.36. The lowest BCUT2D eigenvalue weighted by molar-refractivity contribution is -0.151. The minimum absolute atomic E-state index is 0.0472. The Morgan fingerprint density at radius 3 is 2.33 bits per heavy atom. The van der Waals surface area contributed by atoms with Crippen molar-refractivity contribution in [3.8, 4) is 0 Å². The van der Waals surface area contributed by atoms with Crippen LogP contribution in [0.1, 0.15) is 42.6 Å². The zero-order valence-electron chi connectivity index (χ0n) is 18.8. The lowest BCUT2D eigenvalue weighted by Crippen LogP contribution is -2.28. The molecule has 0 saturated carbocycles. The Hall–Kier alpha value is -3.68. The van der Waals surface area contributed by atoms with E-state index in [2.05, 4.69) is 12.2 Å². The number of carbonyl (C=O) groups is 4. The summed E-state index contributed by atoms with van der Waals surface area (Å²) in [7, 11) is 0. The van der Waals surface area contributed by atoms with Gasteiger partial charge in [0.25, 0.3) is 5.91 Å². The van der Waals surface area contributed by atoms with Crippen LogP contribution in [0.5, 0.6) is 0 Å². The molecular weight excluding hydrogens is 424 g/mol. The molecule has 0 unspecified atom stereocenters. The first-order valence-electron chi connectivity index (χ1n) is 11.0. The summed E-state index contributed by atoms with van der Waals surface area (Å²) in [6, 6.07) is 13.9. The summed E-state index contributed by atoms with van der Waals surface area (Å²) in [5, 5.41) is 2.61. The first kappa shape index (κ1) is 24.0. The number of esters is 2. The van der Waals surface area contributed by atoms with Crippen molar-refractivity contribution >= 4 is 35.1 Å². The molecule has 1 N–H and O–H groups in total. The van der Waals surface area contributed by atoms with E-state index in [0.717, 1.165) is 18.5 Å². The van der Waals surface area contributed by atoms with Gasteiger partial charge in [-0.2, -0.15) is 0 Å². The molecule has 0 bridgehead atoms. The van der Waals surface area contributed by atoms with Crippen LogP contribution in [0.4, 0.5) is 11.4 Å². The minimum Gasteiger partial charge on any atom is -0.462 e. The third kappa shape index (κ3) is 6.41. The van der Waals surface area contributed by atoms with Crippen molar-refractivity contribution in [3.05, 3.63) is 59.7 Å². The van der Waals surface area contributed by atoms with Gasteiger partial charge in [-0.25, -0.2) is 4.79 Å². The zero-order chi connectivity index (χ0) is 23.8. The molecule has 0 aromatic heterocycles. The summed E-state index contributed by atoms with van der Waals surface area (Å²) in [6.07, 6.45) is 1.68. The first-order chi connectivity index (χ1) is 15.9. The Morgan fingerprint density at radius 1 is 1.00 bits per heavy atom. The average molecular weight is 453 g/mol. The number of ether oxygens (including phenoxy) is 2. The number of anilines is 2. The van der Waals surface area contributed by atoms with E-state index in [1.54, 1.807) is 29.2 Å². The van der Waals surface area contributed by atoms with Crippen molar-refractivity contribution < 1.29 is 28.7 Å². The Labute approximate surface area is 192 Å². The van der Waals surface area contributed by atoms with Crippen molar-refractivity contribution in [2.45, 2.75) is 33.1 Å². The lowest BCUT2D eigenvalue weighted by Gasteiger charge is -2.17. The molecule has 0 aliphatic carbocycles. The van der Waals surface area contributed by atoms with Crippen LogP contribution < -0.4 is 10.2 Å². The molecular formula is C25H28N2O6. The highest BCUT2D eigenvalue weighted by molar-refractivity contribution is 6.00. The van der Waals surface area contributed by atoms with E-state index in [9.17, 15) is 19.2 Å². The van der Waals surface area contributed by atoms with Crippen LogP contribution in [0.15, 0.2) is 48.5 Å². The van der Waals surface area contributed by atoms with Crippen LogP contribution in [0.2, 0.25) is 0 Å². The fourth-order valence-corrected chi connectivity index (χ4v) is 3.45. The van der Waals surface area contributed by atoms with E-state index in [0.29, 0.717) is 17.9 Å². The average Bonchev–Trinajstić information content (AvgIpc) is 3.23. The maximum absolute atomic E-state index is 12.4. The predicted octanol–water partition coefficient (Wildman–Crippen LogP) is 3.35. The van der Waals surface area contributed by atoms with Gasteiger partial charge < -0.3 is 19.7 Å². The number of rotatable bonds is 9. The number of aryl methyl sites for hydroxylation is 1. The Kier molecular flexibility index (Phi) is 8.18. The molecule has 8 heteroatoms. The molecule has 2 aromatic carbocycles. The molecule has 1 aliphatic heterocycles. The lowest BCUT2D eigenvalue weighted by atomic mass is 10.1. The molecule has 8 nitrogen and oxygen atoms in total. The summed E-state index contributed by atoms with van der Waals surface area (Å²) in [5.41, 5.74) is 2.75. The fourth-order valence-electron chi connectivity index (χ4n) is 3.45. The monoisotopic (exact) mass is 452 g/mol. The molecule has 1 saturated heterocycles. The molecule has 2 amide bonds. The smallest absolute Gasteiger partial charge is 0.338 e. The molecule has 1 aliphatic rings. The number of benzene rings is 2. The van der Waals surface area contributed by atoms with Gasteiger partial charge in [-0.1, -0.05) is 26.0 Å². The summed E-state index contributed by atoms with van der Waals surface area (Å²) >= 11 is 0. The van der Waals surface area contributed by atoms with Crippen LogP contribution in [0.3, 0.4) is 0 Å². The summed E-state index contributed by atoms with van der Waals surface area (Å²) in [5.74, 6) is -2.29. The van der Waals surface area contributed by atoms with Gasteiger partial charge in [0.05, 0.1) is 18.1 Å². The van der Waals surface area contributed by atoms with Gasteiger partial charge in [-0.15, -0.1) is 0 Å². The first-order valence-corrected chi connectivity index (χ1v) is 11.0. The number of nitrogens with one attached hydrogen (secondary N) is 1. The molecule has 0 radical (unpaired) electrons. The van der Waals surface area contributed by atoms with Gasteiger partial charge in [-0.05, 0) is 54.8 Å². The Morgan fingerprint density at radius 2 is 1.70 bits per heavy atom. The zero-order valence-corrected chi connectivity index (χ0v) is 18.8. The minimum atomic E-state index is -0.621. The Bertz CT molecular complexity index is 1000. The van der Waals surface area contributed by atoms with Crippen LogP contribution in [-0.2, 0) is 30.3 Å². The van der Waals surface area contributed by atoms with Gasteiger partial charge in [0, 0.05) is 24.3 Å². The fraction of sp³-hybridized carbons (Fsp3) is 0.360. The highest BCUT2D eigenvalue weighted by Crippen LogP contribution is 2.26. The van der Waals surface area contributed by atoms with Crippen LogP contribution in [-0.4, -0.2) is 43.5 Å². The van der Waals surface area contributed by atoms with E-state index in [4.69, 9.17) is 9.47 Å². The second-order valence-corrected chi connectivity index (χ2v) is 7.79. The van der Waals surface area contributed by atoms with Gasteiger partial charge in [0.1, 0.15) is 0 Å². The van der Waals surface area contributed by atoms with Gasteiger partial charge in [-0.3, -0.25) is 14.4 Å². The van der Waals surface area contributed by atoms with Crippen molar-refractivity contribution in [2.75, 3.05) is 30.0 Å². The largest absolute Gasteiger partial charge is 0.462 e. The molecule has 3 rings (SSSR count). The molecule has 2 aromatic rings. The van der Waals surface area contributed by atoms with E-state index >= 15 is 0 Å². The molecule has 1 atom stereocenters. The van der Waals surface area contributed by atoms with Crippen molar-refractivity contribution in [1.29, 1.82) is 0 Å². The van der Waals surface area contributed by atoms with Gasteiger partial charge in [0.15, 0.2) is 6.61 Å². The summed E-state index contributed by atoms with van der Waals surface area (Å²) < 4.78 is 10.2. The maximum Gasteiger partial charge on any atom is 0.338 e. The van der Waals surface area contributed by atoms with E-state index in [1.165, 1.54) is 5.56 Å². The van der Waals surface area contributed by atoms with Crippen molar-refractivity contribution in [2.24, 2.45) is 5.92 Å². The quantitative estimate of drug-likeness (QED) is 0.586. The van der Waals surface area contributed by atoms with E-state index < -0.39 is 30.4 Å². The van der Waals surface area contributed by atoms with Crippen molar-refractivity contribution in [1.82, 2.24) is 0 Å². The van der Waals surface area contributed by atoms with E-state index in [1.807, 2.05) is 31.2 Å². The standard InChI is InChI=1S/C25H28N2O6/c1-3-13-32-24(30)18-7-9-20(10-8-18)26-22(28)16-33-25(31)19-14-23(29)27(15-19)21-11-5-17(4-2)6-12-21/h5-12,19H,3-4,13-16H2,1-2H3,(H,26,28)/t19-/m1/s1. The van der Waals surface area contributed by atoms with Gasteiger partial charge in [0.2, 0.25) is 5.91 Å². The Balaban J connectivity index is 1.46. The summed E-state index contributed by atoms with van der Waals surface area (Å²) in [4.78, 5) is 50.3. The SMILES string of the molecule is CCCOC(=O)c1ccc(NC(=O)COC(=O)[C@@H]2CC(=O)N(c3ccc(CC)cc3)C2)cc1. The number of hydrogen-bond acceptors (Lipinski definition) is 6. The second kappa shape index (κ2) is 11.3. The maximum atomic E-state index is 12.4. The number of hydrogen-bond donors (Lipinski definition) is 1. The molecule has 1 heterocycles. The molecule has 1 fully saturated rings. The van der Waals surface area contributed by atoms with Crippen molar-refractivity contribution in [3.63, 3.8) is 0 Å². The van der Waals surface area contributed by atoms with Crippen LogP contribution >= 0.6 is 0 Å². The van der Waals surface area contributed by atoms with Crippen LogP contribution in [0.25, 0.3) is 0 Å².